The van der Waals surface area contributed by atoms with Crippen LogP contribution in [0.5, 0.6) is 0 Å². The van der Waals surface area contributed by atoms with E-state index in [2.05, 4.69) is 6.92 Å². The van der Waals surface area contributed by atoms with E-state index in [1.54, 1.807) is 6.92 Å². The van der Waals surface area contributed by atoms with Gasteiger partial charge in [-0.15, -0.1) is 0 Å². The summed E-state index contributed by atoms with van der Waals surface area (Å²) >= 11 is 0. The molecule has 0 radical (unpaired) electrons. The van der Waals surface area contributed by atoms with E-state index in [1.807, 2.05) is 0 Å². The van der Waals surface area contributed by atoms with Gasteiger partial charge in [-0.2, -0.15) is 0 Å². The Kier molecular flexibility index (Phi) is 7.14. The minimum absolute atomic E-state index is 0.0347. The molecular weight excluding hydrogens is 174 g/mol. The van der Waals surface area contributed by atoms with E-state index in [1.165, 1.54) is 0 Å². The summed E-state index contributed by atoms with van der Waals surface area (Å²) in [6.45, 7) is 3.74. The highest BCUT2D eigenvalue weighted by atomic mass is 19.3. The number of alkyl halides is 2. The van der Waals surface area contributed by atoms with E-state index < -0.39 is 12.5 Å². The van der Waals surface area contributed by atoms with E-state index >= 15 is 0 Å². The van der Waals surface area contributed by atoms with Crippen LogP contribution >= 0.6 is 0 Å². The fourth-order valence-electron chi connectivity index (χ4n) is 1.13. The van der Waals surface area contributed by atoms with Crippen molar-refractivity contribution in [3.8, 4) is 0 Å². The molecule has 0 aliphatic heterocycles. The fraction of sp³-hybridized carbons (Fsp3) is 1.00. The second kappa shape index (κ2) is 7.25. The van der Waals surface area contributed by atoms with Crippen molar-refractivity contribution in [2.24, 2.45) is 0 Å². The molecule has 0 fully saturated rings. The van der Waals surface area contributed by atoms with Gasteiger partial charge in [0, 0.05) is 13.0 Å². The largest absolute Gasteiger partial charge is 0.375 e. The van der Waals surface area contributed by atoms with E-state index in [4.69, 9.17) is 4.74 Å². The zero-order chi connectivity index (χ0) is 10.2. The number of hydrogen-bond acceptors (Lipinski definition) is 1. The highest BCUT2D eigenvalue weighted by Gasteiger charge is 2.27. The normalized spacial score (nSPS) is 12.0. The minimum atomic E-state index is -2.62. The van der Waals surface area contributed by atoms with Crippen LogP contribution in [0.25, 0.3) is 0 Å². The summed E-state index contributed by atoms with van der Waals surface area (Å²) in [5.41, 5.74) is 0. The van der Waals surface area contributed by atoms with Gasteiger partial charge in [-0.25, -0.2) is 8.78 Å². The Bertz CT molecular complexity index is 115. The molecule has 3 heteroatoms. The molecule has 0 saturated carbocycles. The van der Waals surface area contributed by atoms with Gasteiger partial charge in [0.15, 0.2) is 0 Å². The van der Waals surface area contributed by atoms with Crippen LogP contribution in [0.15, 0.2) is 0 Å². The summed E-state index contributed by atoms with van der Waals surface area (Å²) < 4.78 is 30.5. The van der Waals surface area contributed by atoms with Crippen molar-refractivity contribution in [2.45, 2.75) is 51.9 Å². The van der Waals surface area contributed by atoms with Crippen molar-refractivity contribution >= 4 is 0 Å². The van der Waals surface area contributed by atoms with Crippen molar-refractivity contribution in [2.75, 3.05) is 13.2 Å². The van der Waals surface area contributed by atoms with Gasteiger partial charge >= 0.3 is 0 Å². The topological polar surface area (TPSA) is 9.23 Å². The first-order valence-electron chi connectivity index (χ1n) is 5.08. The smallest absolute Gasteiger partial charge is 0.270 e. The Morgan fingerprint density at radius 2 is 1.77 bits per heavy atom. The maximum absolute atomic E-state index is 12.9. The number of ether oxygens (including phenoxy) is 1. The van der Waals surface area contributed by atoms with Crippen molar-refractivity contribution < 1.29 is 13.5 Å². The molecule has 1 nitrogen and oxygen atoms in total. The third-order valence-corrected chi connectivity index (χ3v) is 1.91. The molecular formula is C10H20F2O. The molecule has 0 heterocycles. The van der Waals surface area contributed by atoms with Crippen LogP contribution in [0.3, 0.4) is 0 Å². The standard InChI is InChI=1S/C10H20F2O/c1-3-5-6-7-8-10(11,12)9-13-4-2/h3-9H2,1-2H3. The highest BCUT2D eigenvalue weighted by Crippen LogP contribution is 2.22. The van der Waals surface area contributed by atoms with E-state index in [0.29, 0.717) is 13.0 Å². The van der Waals surface area contributed by atoms with Crippen molar-refractivity contribution in [3.63, 3.8) is 0 Å². The van der Waals surface area contributed by atoms with Gasteiger partial charge in [0.1, 0.15) is 6.61 Å². The van der Waals surface area contributed by atoms with Crippen LogP contribution in [-0.2, 0) is 4.74 Å². The zero-order valence-corrected chi connectivity index (χ0v) is 8.61. The second-order valence-corrected chi connectivity index (χ2v) is 3.30. The summed E-state index contributed by atoms with van der Waals surface area (Å²) in [6, 6.07) is 0. The highest BCUT2D eigenvalue weighted by molar-refractivity contribution is 4.64. The maximum atomic E-state index is 12.9. The first-order chi connectivity index (χ1) is 6.12. The molecule has 0 saturated heterocycles. The monoisotopic (exact) mass is 194 g/mol. The average Bonchev–Trinajstić information content (AvgIpc) is 2.09. The van der Waals surface area contributed by atoms with Crippen molar-refractivity contribution in [1.29, 1.82) is 0 Å². The van der Waals surface area contributed by atoms with Gasteiger partial charge in [-0.3, -0.25) is 0 Å². The summed E-state index contributed by atoms with van der Waals surface area (Å²) in [5.74, 6) is -2.62. The van der Waals surface area contributed by atoms with Crippen LogP contribution in [0.2, 0.25) is 0 Å². The first kappa shape index (κ1) is 12.8. The Hall–Kier alpha value is -0.180. The summed E-state index contributed by atoms with van der Waals surface area (Å²) in [5, 5.41) is 0. The molecule has 0 N–H and O–H groups in total. The molecule has 0 aromatic heterocycles. The SMILES string of the molecule is CCCCCCC(F)(F)COCC. The molecule has 80 valence electrons. The fourth-order valence-corrected chi connectivity index (χ4v) is 1.13. The lowest BCUT2D eigenvalue weighted by Gasteiger charge is -2.15. The van der Waals surface area contributed by atoms with E-state index in [9.17, 15) is 8.78 Å². The zero-order valence-electron chi connectivity index (χ0n) is 8.61. The second-order valence-electron chi connectivity index (χ2n) is 3.30. The number of unbranched alkanes of at least 4 members (excludes halogenated alkanes) is 3. The van der Waals surface area contributed by atoms with Gasteiger partial charge in [0.05, 0.1) is 0 Å². The van der Waals surface area contributed by atoms with Crippen LogP contribution in [-0.4, -0.2) is 19.1 Å². The molecule has 0 aromatic carbocycles. The lowest BCUT2D eigenvalue weighted by atomic mass is 10.1. The molecule has 0 aliphatic rings. The molecule has 0 spiro atoms. The van der Waals surface area contributed by atoms with Crippen LogP contribution < -0.4 is 0 Å². The Morgan fingerprint density at radius 1 is 1.08 bits per heavy atom. The average molecular weight is 194 g/mol. The molecule has 0 rings (SSSR count). The lowest BCUT2D eigenvalue weighted by molar-refractivity contribution is -0.0810. The van der Waals surface area contributed by atoms with Gasteiger partial charge in [-0.05, 0) is 13.3 Å². The number of hydrogen-bond donors (Lipinski definition) is 0. The van der Waals surface area contributed by atoms with Crippen LogP contribution in [0.4, 0.5) is 8.78 Å². The lowest BCUT2D eigenvalue weighted by Crippen LogP contribution is -2.23. The van der Waals surface area contributed by atoms with Gasteiger partial charge in [-0.1, -0.05) is 26.2 Å². The maximum Gasteiger partial charge on any atom is 0.270 e. The summed E-state index contributed by atoms with van der Waals surface area (Å²) in [6.07, 6.45) is 3.60. The van der Waals surface area contributed by atoms with Gasteiger partial charge in [0.25, 0.3) is 5.92 Å². The van der Waals surface area contributed by atoms with Gasteiger partial charge < -0.3 is 4.74 Å². The molecule has 13 heavy (non-hydrogen) atoms. The molecule has 0 aromatic rings. The first-order valence-corrected chi connectivity index (χ1v) is 5.08. The van der Waals surface area contributed by atoms with Crippen molar-refractivity contribution in [3.05, 3.63) is 0 Å². The molecule has 0 unspecified atom stereocenters. The Morgan fingerprint density at radius 3 is 2.31 bits per heavy atom. The third-order valence-electron chi connectivity index (χ3n) is 1.91. The summed E-state index contributed by atoms with van der Waals surface area (Å²) in [7, 11) is 0. The van der Waals surface area contributed by atoms with Crippen molar-refractivity contribution in [1.82, 2.24) is 0 Å². The summed E-state index contributed by atoms with van der Waals surface area (Å²) in [4.78, 5) is 0. The Labute approximate surface area is 79.5 Å². The molecule has 0 atom stereocenters. The quantitative estimate of drug-likeness (QED) is 0.536. The predicted octanol–water partition coefficient (Wildman–Crippen LogP) is 3.63. The van der Waals surface area contributed by atoms with E-state index in [-0.39, 0.29) is 6.42 Å². The number of halogens is 2. The van der Waals surface area contributed by atoms with Gasteiger partial charge in [0.2, 0.25) is 0 Å². The molecule has 0 amide bonds. The van der Waals surface area contributed by atoms with E-state index in [0.717, 1.165) is 19.3 Å². The Balaban J connectivity index is 3.39. The molecule has 0 aliphatic carbocycles. The number of rotatable bonds is 8. The minimum Gasteiger partial charge on any atom is -0.375 e. The third kappa shape index (κ3) is 8.16. The predicted molar refractivity (Wildman–Crippen MR) is 50.2 cm³/mol. The van der Waals surface area contributed by atoms with Crippen LogP contribution in [0.1, 0.15) is 46.0 Å². The molecule has 0 bridgehead atoms. The van der Waals surface area contributed by atoms with Crippen LogP contribution in [0, 0.1) is 0 Å².